The zero-order chi connectivity index (χ0) is 21.5. The number of amides is 2. The van der Waals surface area contributed by atoms with Crippen LogP contribution in [0.2, 0.25) is 0 Å². The first-order chi connectivity index (χ1) is 15.0. The van der Waals surface area contributed by atoms with Gasteiger partial charge in [-0.05, 0) is 31.4 Å². The van der Waals surface area contributed by atoms with Crippen LogP contribution in [0.5, 0.6) is 0 Å². The molecule has 2 aromatic rings. The third-order valence-electron chi connectivity index (χ3n) is 5.95. The molecule has 31 heavy (non-hydrogen) atoms. The predicted molar refractivity (Wildman–Crippen MR) is 109 cm³/mol. The number of nitrogens with zero attached hydrogens (tertiary/aromatic N) is 5. The summed E-state index contributed by atoms with van der Waals surface area (Å²) >= 11 is 0. The fraction of sp³-hybridized carbons (Fsp3) is 0.429. The third-order valence-corrected chi connectivity index (χ3v) is 5.95. The van der Waals surface area contributed by atoms with Gasteiger partial charge in [0.2, 0.25) is 11.7 Å². The van der Waals surface area contributed by atoms with Crippen molar-refractivity contribution in [3.05, 3.63) is 59.2 Å². The van der Waals surface area contributed by atoms with E-state index in [2.05, 4.69) is 20.5 Å². The van der Waals surface area contributed by atoms with Crippen LogP contribution in [0.3, 0.4) is 0 Å². The molecule has 0 radical (unpaired) electrons. The molecule has 1 aromatic heterocycles. The molecular formula is C21H24FN7O2. The molecule has 1 aromatic carbocycles. The number of carbonyl (C=O) groups is 2. The van der Waals surface area contributed by atoms with E-state index >= 15 is 0 Å². The lowest BCUT2D eigenvalue weighted by molar-refractivity contribution is -0.130. The van der Waals surface area contributed by atoms with Gasteiger partial charge in [-0.3, -0.25) is 19.7 Å². The van der Waals surface area contributed by atoms with Gasteiger partial charge in [0.05, 0.1) is 5.92 Å². The van der Waals surface area contributed by atoms with E-state index in [0.29, 0.717) is 37.4 Å². The van der Waals surface area contributed by atoms with Gasteiger partial charge in [-0.25, -0.2) is 14.4 Å². The minimum Gasteiger partial charge on any atom is -0.347 e. The van der Waals surface area contributed by atoms with Crippen molar-refractivity contribution < 1.29 is 14.0 Å². The van der Waals surface area contributed by atoms with Gasteiger partial charge in [0.25, 0.3) is 5.91 Å². The molecule has 1 saturated heterocycles. The van der Waals surface area contributed by atoms with E-state index < -0.39 is 5.92 Å². The van der Waals surface area contributed by atoms with Crippen LogP contribution in [-0.2, 0) is 11.3 Å². The molecule has 1 aliphatic carbocycles. The largest absolute Gasteiger partial charge is 0.347 e. The minimum atomic E-state index is -0.540. The maximum Gasteiger partial charge on any atom is 0.291 e. The summed E-state index contributed by atoms with van der Waals surface area (Å²) in [7, 11) is 1.73. The molecule has 1 saturated carbocycles. The second kappa shape index (κ2) is 7.77. The first kappa shape index (κ1) is 19.7. The third kappa shape index (κ3) is 3.78. The Kier molecular flexibility index (Phi) is 4.93. The summed E-state index contributed by atoms with van der Waals surface area (Å²) in [5.41, 5.74) is 0.605. The molecule has 0 unspecified atom stereocenters. The fourth-order valence-corrected chi connectivity index (χ4v) is 4.06. The predicted octanol–water partition coefficient (Wildman–Crippen LogP) is 1.36. The zero-order valence-electron chi connectivity index (χ0n) is 17.2. The highest BCUT2D eigenvalue weighted by atomic mass is 19.1. The second-order valence-corrected chi connectivity index (χ2v) is 8.15. The molecule has 2 amide bonds. The molecule has 5 rings (SSSR count). The van der Waals surface area contributed by atoms with Crippen LogP contribution in [0.1, 0.15) is 47.2 Å². The van der Waals surface area contributed by atoms with Crippen molar-refractivity contribution in [1.29, 1.82) is 0 Å². The van der Waals surface area contributed by atoms with E-state index in [4.69, 9.17) is 0 Å². The number of carbonyl (C=O) groups excluding carboxylic acids is 2. The smallest absolute Gasteiger partial charge is 0.291 e. The number of hydrogen-bond acceptors (Lipinski definition) is 6. The molecular weight excluding hydrogens is 401 g/mol. The van der Waals surface area contributed by atoms with Crippen LogP contribution >= 0.6 is 0 Å². The van der Waals surface area contributed by atoms with Crippen molar-refractivity contribution in [3.63, 3.8) is 0 Å². The van der Waals surface area contributed by atoms with Crippen molar-refractivity contribution in [1.82, 2.24) is 35.4 Å². The van der Waals surface area contributed by atoms with Crippen LogP contribution in [0, 0.1) is 5.82 Å². The maximum absolute atomic E-state index is 14.1. The number of H-pyrrole nitrogens is 1. The molecule has 2 N–H and O–H groups in total. The lowest BCUT2D eigenvalue weighted by Gasteiger charge is -2.33. The van der Waals surface area contributed by atoms with E-state index in [0.717, 1.165) is 18.7 Å². The Hall–Kier alpha value is -3.27. The number of rotatable bonds is 5. The normalized spacial score (nSPS) is 21.7. The molecule has 9 nitrogen and oxygen atoms in total. The van der Waals surface area contributed by atoms with Gasteiger partial charge in [-0.1, -0.05) is 18.2 Å². The number of aromatic amines is 1. The maximum atomic E-state index is 14.1. The van der Waals surface area contributed by atoms with Gasteiger partial charge in [0.1, 0.15) is 17.5 Å². The average Bonchev–Trinajstić information content (AvgIpc) is 3.32. The van der Waals surface area contributed by atoms with Crippen molar-refractivity contribution in [2.45, 2.75) is 37.8 Å². The highest BCUT2D eigenvalue weighted by molar-refractivity contribution is 5.91. The Morgan fingerprint density at radius 2 is 2.10 bits per heavy atom. The quantitative estimate of drug-likeness (QED) is 0.751. The fourth-order valence-electron chi connectivity index (χ4n) is 4.06. The SMILES string of the molecule is CN1C(=O)[C@H](c2nc(C(=O)NC3CC3)n[nH]2)CCN2C1=CCN2Cc1ccccc1F. The van der Waals surface area contributed by atoms with Crippen molar-refractivity contribution in [2.75, 3.05) is 20.1 Å². The molecule has 2 fully saturated rings. The van der Waals surface area contributed by atoms with Crippen LogP contribution < -0.4 is 5.32 Å². The van der Waals surface area contributed by atoms with E-state index in [1.54, 1.807) is 24.1 Å². The topological polar surface area (TPSA) is 97.5 Å². The lowest BCUT2D eigenvalue weighted by atomic mass is 10.0. The van der Waals surface area contributed by atoms with Gasteiger partial charge in [-0.2, -0.15) is 0 Å². The molecule has 0 spiro atoms. The Morgan fingerprint density at radius 1 is 1.29 bits per heavy atom. The molecule has 1 atom stereocenters. The molecule has 3 heterocycles. The monoisotopic (exact) mass is 425 g/mol. The van der Waals surface area contributed by atoms with E-state index in [9.17, 15) is 14.0 Å². The number of likely N-dealkylation sites (N-methyl/N-ethyl adjacent to an activating group) is 1. The van der Waals surface area contributed by atoms with Crippen molar-refractivity contribution >= 4 is 11.8 Å². The summed E-state index contributed by atoms with van der Waals surface area (Å²) in [4.78, 5) is 31.3. The number of halogens is 1. The summed E-state index contributed by atoms with van der Waals surface area (Å²) in [6.07, 6.45) is 4.41. The second-order valence-electron chi connectivity index (χ2n) is 8.15. The zero-order valence-corrected chi connectivity index (χ0v) is 17.2. The van der Waals surface area contributed by atoms with Crippen LogP contribution in [0.4, 0.5) is 4.39 Å². The van der Waals surface area contributed by atoms with Gasteiger partial charge in [0.15, 0.2) is 0 Å². The van der Waals surface area contributed by atoms with Crippen LogP contribution in [0.25, 0.3) is 0 Å². The first-order valence-electron chi connectivity index (χ1n) is 10.5. The number of nitrogens with one attached hydrogen (secondary N) is 2. The Labute approximate surface area is 178 Å². The van der Waals surface area contributed by atoms with E-state index in [1.807, 2.05) is 22.2 Å². The van der Waals surface area contributed by atoms with Crippen molar-refractivity contribution in [3.8, 4) is 0 Å². The number of benzene rings is 1. The Balaban J connectivity index is 1.32. The summed E-state index contributed by atoms with van der Waals surface area (Å²) < 4.78 is 14.1. The lowest BCUT2D eigenvalue weighted by Crippen LogP contribution is -2.40. The molecule has 162 valence electrons. The minimum absolute atomic E-state index is 0.0579. The van der Waals surface area contributed by atoms with Gasteiger partial charge in [0, 0.05) is 38.3 Å². The summed E-state index contributed by atoms with van der Waals surface area (Å²) in [5.74, 6) is -0.00286. The standard InChI is InChI=1S/C21H24FN7O2/c1-27-17-9-10-28(12-13-4-2-3-5-16(13)22)29(17)11-8-15(21(27)31)18-24-19(26-25-18)20(30)23-14-6-7-14/h2-5,9,14-15H,6-8,10-12H2,1H3,(H,23,30)(H,24,25,26)/t15-/m0/s1. The van der Waals surface area contributed by atoms with Gasteiger partial charge >= 0.3 is 0 Å². The molecule has 10 heteroatoms. The highest BCUT2D eigenvalue weighted by Gasteiger charge is 2.38. The summed E-state index contributed by atoms with van der Waals surface area (Å²) in [6, 6.07) is 6.92. The molecule has 0 bridgehead atoms. The number of hydrogen-bond donors (Lipinski definition) is 2. The Morgan fingerprint density at radius 3 is 2.87 bits per heavy atom. The van der Waals surface area contributed by atoms with E-state index in [1.165, 1.54) is 6.07 Å². The summed E-state index contributed by atoms with van der Waals surface area (Å²) in [5, 5.41) is 13.7. The van der Waals surface area contributed by atoms with Crippen LogP contribution in [0.15, 0.2) is 36.2 Å². The molecule has 3 aliphatic rings. The van der Waals surface area contributed by atoms with E-state index in [-0.39, 0.29) is 29.5 Å². The van der Waals surface area contributed by atoms with Crippen LogP contribution in [-0.4, -0.2) is 68.1 Å². The van der Waals surface area contributed by atoms with Gasteiger partial charge < -0.3 is 10.2 Å². The average molecular weight is 425 g/mol. The Bertz CT molecular complexity index is 1050. The van der Waals surface area contributed by atoms with Crippen molar-refractivity contribution in [2.24, 2.45) is 0 Å². The first-order valence-corrected chi connectivity index (χ1v) is 10.5. The highest BCUT2D eigenvalue weighted by Crippen LogP contribution is 2.31. The number of aromatic nitrogens is 3. The number of fused-ring (bicyclic) bond motifs is 1. The van der Waals surface area contributed by atoms with Gasteiger partial charge in [-0.15, -0.1) is 5.10 Å². The summed E-state index contributed by atoms with van der Waals surface area (Å²) in [6.45, 7) is 1.57. The molecule has 2 aliphatic heterocycles. The number of hydrazine groups is 1.